The van der Waals surface area contributed by atoms with Gasteiger partial charge in [-0.05, 0) is 73.8 Å². The second-order valence-corrected chi connectivity index (χ2v) is 8.54. The molecule has 0 amide bonds. The van der Waals surface area contributed by atoms with E-state index in [2.05, 4.69) is 0 Å². The van der Waals surface area contributed by atoms with Crippen LogP contribution in [0.25, 0.3) is 43.4 Å². The van der Waals surface area contributed by atoms with E-state index in [9.17, 15) is 31.1 Å². The largest absolute Gasteiger partial charge is 0.465 e. The van der Waals surface area contributed by atoms with Crippen LogP contribution in [0.15, 0.2) is 72.8 Å². The third-order valence-corrected chi connectivity index (χ3v) is 6.38. The summed E-state index contributed by atoms with van der Waals surface area (Å²) in [7, 11) is 1.22. The number of hydrogen-bond donors (Lipinski definition) is 1. The van der Waals surface area contributed by atoms with Crippen molar-refractivity contribution >= 4 is 44.0 Å². The predicted octanol–water partition coefficient (Wildman–Crippen LogP) is 8.22. The number of nitrogens with two attached hydrogens (primary N) is 1. The highest BCUT2D eigenvalue weighted by Gasteiger charge is 2.38. The molecule has 9 heteroatoms. The average molecular weight is 513 g/mol. The Bertz CT molecular complexity index is 1720. The van der Waals surface area contributed by atoms with Crippen LogP contribution in [0.5, 0.6) is 0 Å². The minimum atomic E-state index is -5.01. The number of methoxy groups -OCH3 is 1. The molecule has 37 heavy (non-hydrogen) atoms. The van der Waals surface area contributed by atoms with Crippen LogP contribution in [0.3, 0.4) is 0 Å². The third kappa shape index (κ3) is 4.10. The molecule has 188 valence electrons. The molecule has 0 radical (unpaired) electrons. The molecule has 0 atom stereocenters. The summed E-state index contributed by atoms with van der Waals surface area (Å²) in [6, 6.07) is 16.5. The van der Waals surface area contributed by atoms with Crippen molar-refractivity contribution in [3.8, 4) is 11.1 Å². The molecule has 0 heterocycles. The lowest BCUT2D eigenvalue weighted by Gasteiger charge is -2.18. The van der Waals surface area contributed by atoms with E-state index in [4.69, 9.17) is 10.5 Å². The summed E-state index contributed by atoms with van der Waals surface area (Å²) >= 11 is 0. The summed E-state index contributed by atoms with van der Waals surface area (Å²) in [6.45, 7) is 0. The number of benzene rings is 5. The zero-order valence-corrected chi connectivity index (χ0v) is 19.1. The summed E-state index contributed by atoms with van der Waals surface area (Å²) < 4.78 is 85.8. The molecule has 0 saturated heterocycles. The Balaban J connectivity index is 1.85. The van der Waals surface area contributed by atoms with Crippen LogP contribution in [0.1, 0.15) is 21.5 Å². The van der Waals surface area contributed by atoms with Gasteiger partial charge < -0.3 is 10.5 Å². The summed E-state index contributed by atoms with van der Waals surface area (Å²) in [5.41, 5.74) is 3.42. The fourth-order valence-electron chi connectivity index (χ4n) is 4.68. The number of carbonyl (C=O) groups is 1. The first kappa shape index (κ1) is 24.4. The molecular formula is C28H17F6NO2. The number of carbonyl (C=O) groups excluding carboxylic acids is 1. The van der Waals surface area contributed by atoms with Crippen LogP contribution in [0, 0.1) is 0 Å². The SMILES string of the molecule is COC(=O)c1cc2c3ccc(-c4ccc(C(F)(F)F)cc4C(F)(F)F)cc3c3ccccc3c2cc1N. The lowest BCUT2D eigenvalue weighted by atomic mass is 9.89. The first-order valence-electron chi connectivity index (χ1n) is 10.9. The van der Waals surface area contributed by atoms with Gasteiger partial charge in [-0.25, -0.2) is 4.79 Å². The maximum atomic E-state index is 13.8. The van der Waals surface area contributed by atoms with Gasteiger partial charge in [0.1, 0.15) is 0 Å². The van der Waals surface area contributed by atoms with E-state index >= 15 is 0 Å². The molecule has 0 spiro atoms. The summed E-state index contributed by atoms with van der Waals surface area (Å²) in [4.78, 5) is 12.3. The molecule has 5 aromatic rings. The normalized spacial score (nSPS) is 12.4. The van der Waals surface area contributed by atoms with Gasteiger partial charge in [0, 0.05) is 5.69 Å². The Labute approximate surface area is 206 Å². The molecule has 0 aliphatic carbocycles. The number of rotatable bonds is 2. The molecular weight excluding hydrogens is 496 g/mol. The Morgan fingerprint density at radius 2 is 1.30 bits per heavy atom. The van der Waals surface area contributed by atoms with Gasteiger partial charge in [-0.2, -0.15) is 26.3 Å². The van der Waals surface area contributed by atoms with Crippen LogP contribution in [-0.2, 0) is 17.1 Å². The van der Waals surface area contributed by atoms with E-state index in [-0.39, 0.29) is 28.4 Å². The highest BCUT2D eigenvalue weighted by Crippen LogP contribution is 2.43. The van der Waals surface area contributed by atoms with E-state index in [0.717, 1.165) is 16.8 Å². The highest BCUT2D eigenvalue weighted by atomic mass is 19.4. The predicted molar refractivity (Wildman–Crippen MR) is 130 cm³/mol. The summed E-state index contributed by atoms with van der Waals surface area (Å²) in [5.74, 6) is -0.642. The van der Waals surface area contributed by atoms with Gasteiger partial charge in [-0.1, -0.05) is 42.5 Å². The van der Waals surface area contributed by atoms with Gasteiger partial charge in [0.2, 0.25) is 0 Å². The van der Waals surface area contributed by atoms with Gasteiger partial charge in [0.25, 0.3) is 0 Å². The van der Waals surface area contributed by atoms with E-state index < -0.39 is 29.4 Å². The number of fused-ring (bicyclic) bond motifs is 6. The molecule has 5 rings (SSSR count). The smallest absolute Gasteiger partial charge is 0.417 e. The van der Waals surface area contributed by atoms with Crippen LogP contribution >= 0.6 is 0 Å². The third-order valence-electron chi connectivity index (χ3n) is 6.38. The first-order chi connectivity index (χ1) is 17.4. The lowest BCUT2D eigenvalue weighted by molar-refractivity contribution is -0.142. The molecule has 0 aromatic heterocycles. The quantitative estimate of drug-likeness (QED) is 0.112. The van der Waals surface area contributed by atoms with Crippen LogP contribution in [0.2, 0.25) is 0 Å². The Kier molecular flexibility index (Phi) is 5.54. The van der Waals surface area contributed by atoms with Crippen molar-refractivity contribution in [2.24, 2.45) is 0 Å². The van der Waals surface area contributed by atoms with E-state index in [1.54, 1.807) is 36.4 Å². The maximum absolute atomic E-state index is 13.8. The van der Waals surface area contributed by atoms with Crippen molar-refractivity contribution < 1.29 is 35.9 Å². The Morgan fingerprint density at radius 3 is 1.89 bits per heavy atom. The van der Waals surface area contributed by atoms with Crippen molar-refractivity contribution in [2.45, 2.75) is 12.4 Å². The molecule has 0 aliphatic rings. The van der Waals surface area contributed by atoms with Gasteiger partial charge >= 0.3 is 18.3 Å². The fourth-order valence-corrected chi connectivity index (χ4v) is 4.68. The molecule has 2 N–H and O–H groups in total. The number of hydrogen-bond acceptors (Lipinski definition) is 3. The standard InChI is InChI=1S/C28H17F6NO2/c1-37-26(36)23-12-21-19-8-6-14(16-9-7-15(27(29,30)31)11-24(16)28(32,33)34)10-20(19)17-4-2-3-5-18(17)22(21)13-25(23)35/h2-13H,35H2,1H3. The Hall–Kier alpha value is -4.27. The summed E-state index contributed by atoms with van der Waals surface area (Å²) in [6.07, 6.45) is -9.93. The molecule has 3 nitrogen and oxygen atoms in total. The van der Waals surface area contributed by atoms with Crippen LogP contribution < -0.4 is 5.73 Å². The maximum Gasteiger partial charge on any atom is 0.417 e. The molecule has 0 saturated carbocycles. The minimum absolute atomic E-state index is 0.0988. The zero-order chi connectivity index (χ0) is 26.7. The van der Waals surface area contributed by atoms with Crippen molar-refractivity contribution in [2.75, 3.05) is 12.8 Å². The van der Waals surface area contributed by atoms with E-state index in [0.29, 0.717) is 27.6 Å². The van der Waals surface area contributed by atoms with Crippen molar-refractivity contribution in [3.63, 3.8) is 0 Å². The minimum Gasteiger partial charge on any atom is -0.465 e. The number of esters is 1. The average Bonchev–Trinajstić information content (AvgIpc) is 2.86. The molecule has 0 bridgehead atoms. The molecule has 5 aromatic carbocycles. The van der Waals surface area contributed by atoms with Gasteiger partial charge in [0.15, 0.2) is 0 Å². The van der Waals surface area contributed by atoms with Gasteiger partial charge in [0.05, 0.1) is 23.8 Å². The van der Waals surface area contributed by atoms with E-state index in [1.807, 2.05) is 6.07 Å². The number of halogens is 6. The Morgan fingerprint density at radius 1 is 0.703 bits per heavy atom. The lowest BCUT2D eigenvalue weighted by Crippen LogP contribution is -2.12. The number of anilines is 1. The monoisotopic (exact) mass is 513 g/mol. The molecule has 0 aliphatic heterocycles. The summed E-state index contributed by atoms with van der Waals surface area (Å²) in [5, 5.41) is 3.99. The fraction of sp³-hybridized carbons (Fsp3) is 0.107. The van der Waals surface area contributed by atoms with Gasteiger partial charge in [-0.3, -0.25) is 0 Å². The number of alkyl halides is 6. The zero-order valence-electron chi connectivity index (χ0n) is 19.1. The van der Waals surface area contributed by atoms with Gasteiger partial charge in [-0.15, -0.1) is 0 Å². The van der Waals surface area contributed by atoms with Crippen molar-refractivity contribution in [3.05, 3.63) is 89.5 Å². The van der Waals surface area contributed by atoms with Crippen LogP contribution in [-0.4, -0.2) is 13.1 Å². The van der Waals surface area contributed by atoms with Crippen molar-refractivity contribution in [1.82, 2.24) is 0 Å². The molecule has 0 fully saturated rings. The second kappa shape index (κ2) is 8.40. The van der Waals surface area contributed by atoms with E-state index in [1.165, 1.54) is 19.2 Å². The van der Waals surface area contributed by atoms with Crippen molar-refractivity contribution in [1.29, 1.82) is 0 Å². The molecule has 0 unspecified atom stereocenters. The first-order valence-corrected chi connectivity index (χ1v) is 10.9. The topological polar surface area (TPSA) is 52.3 Å². The second-order valence-electron chi connectivity index (χ2n) is 8.54. The number of ether oxygens (including phenoxy) is 1. The highest BCUT2D eigenvalue weighted by molar-refractivity contribution is 6.27. The number of nitrogen functional groups attached to an aromatic ring is 1. The van der Waals surface area contributed by atoms with Crippen LogP contribution in [0.4, 0.5) is 32.0 Å².